The van der Waals surface area contributed by atoms with Gasteiger partial charge < -0.3 is 0 Å². The highest BCUT2D eigenvalue weighted by Gasteiger charge is 2.14. The molecule has 0 heterocycles. The molecule has 0 amide bonds. The van der Waals surface area contributed by atoms with Crippen LogP contribution < -0.4 is 0 Å². The highest BCUT2D eigenvalue weighted by molar-refractivity contribution is 4.92. The molecule has 0 aromatic rings. The highest BCUT2D eigenvalue weighted by atomic mass is 14.2. The van der Waals surface area contributed by atoms with Crippen molar-refractivity contribution in [2.24, 2.45) is 17.8 Å². The molecule has 0 aliphatic heterocycles. The summed E-state index contributed by atoms with van der Waals surface area (Å²) >= 11 is 0. The van der Waals surface area contributed by atoms with Gasteiger partial charge in [0.1, 0.15) is 0 Å². The molecule has 3 unspecified atom stereocenters. The van der Waals surface area contributed by atoms with Crippen LogP contribution in [0.25, 0.3) is 0 Å². The zero-order chi connectivity index (χ0) is 16.6. The minimum Gasteiger partial charge on any atom is -0.0687 e. The van der Waals surface area contributed by atoms with Gasteiger partial charge in [0.25, 0.3) is 0 Å². The molecule has 0 aromatic heterocycles. The van der Waals surface area contributed by atoms with E-state index >= 15 is 0 Å². The van der Waals surface area contributed by atoms with Crippen LogP contribution in [-0.2, 0) is 0 Å². The van der Waals surface area contributed by atoms with E-state index in [0.29, 0.717) is 17.8 Å². The van der Waals surface area contributed by atoms with Gasteiger partial charge >= 0.3 is 0 Å². The first kappa shape index (κ1) is 19.7. The van der Waals surface area contributed by atoms with Crippen molar-refractivity contribution in [2.45, 2.75) is 46.5 Å². The third-order valence-electron chi connectivity index (χ3n) is 3.58. The second-order valence-corrected chi connectivity index (χ2v) is 5.37. The Labute approximate surface area is 136 Å². The van der Waals surface area contributed by atoms with Gasteiger partial charge in [-0.05, 0) is 85.3 Å². The normalized spacial score (nSPS) is 12.3. The zero-order valence-corrected chi connectivity index (χ0v) is 14.1. The van der Waals surface area contributed by atoms with E-state index in [4.69, 9.17) is 0 Å². The van der Waals surface area contributed by atoms with E-state index < -0.39 is 0 Å². The van der Waals surface area contributed by atoms with Crippen molar-refractivity contribution in [3.63, 3.8) is 0 Å². The van der Waals surface area contributed by atoms with Crippen LogP contribution >= 0.6 is 0 Å². The molecular weight excluding hydrogens is 264 g/mol. The van der Waals surface area contributed by atoms with E-state index in [9.17, 15) is 0 Å². The average Bonchev–Trinajstić information content (AvgIpc) is 2.53. The topological polar surface area (TPSA) is 0 Å². The second kappa shape index (κ2) is 13.7. The molecular formula is C22H26. The Morgan fingerprint density at radius 3 is 1.91 bits per heavy atom. The van der Waals surface area contributed by atoms with Crippen molar-refractivity contribution in [2.75, 3.05) is 0 Å². The van der Waals surface area contributed by atoms with Gasteiger partial charge in [-0.15, -0.1) is 0 Å². The lowest BCUT2D eigenvalue weighted by Gasteiger charge is -2.20. The van der Waals surface area contributed by atoms with Crippen LogP contribution in [0.1, 0.15) is 46.5 Å². The van der Waals surface area contributed by atoms with Crippen LogP contribution in [0.2, 0.25) is 0 Å². The summed E-state index contributed by atoms with van der Waals surface area (Å²) in [6.45, 7) is 13.6. The van der Waals surface area contributed by atoms with Crippen molar-refractivity contribution in [3.8, 4) is 0 Å². The standard InChI is InChI=1S/C22H26/c1-6-10-12-14-16-20(5)18-22(9-4)19-21(8-3)17-15-13-11-7-2/h16-17,20-22H,1-2,8-9,18-19H2,3-5H3. The van der Waals surface area contributed by atoms with Crippen molar-refractivity contribution in [1.29, 1.82) is 0 Å². The van der Waals surface area contributed by atoms with Crippen molar-refractivity contribution < 1.29 is 0 Å². The summed E-state index contributed by atoms with van der Waals surface area (Å²) in [5.74, 6) is 1.69. The fraction of sp³-hybridized carbons (Fsp3) is 0.455. The number of hydrogen-bond acceptors (Lipinski definition) is 0. The van der Waals surface area contributed by atoms with Gasteiger partial charge in [0.15, 0.2) is 0 Å². The Hall–Kier alpha value is -2.28. The Morgan fingerprint density at radius 1 is 0.818 bits per heavy atom. The molecule has 3 atom stereocenters. The molecule has 0 fully saturated rings. The minimum absolute atomic E-state index is 0.477. The van der Waals surface area contributed by atoms with Crippen molar-refractivity contribution >= 4 is 0 Å². The molecule has 0 nitrogen and oxygen atoms in total. The van der Waals surface area contributed by atoms with Crippen LogP contribution in [-0.4, -0.2) is 0 Å². The summed E-state index contributed by atoms with van der Waals surface area (Å²) in [6, 6.07) is 0. The fourth-order valence-corrected chi connectivity index (χ4v) is 2.31. The predicted octanol–water partition coefficient (Wildman–Crippen LogP) is 6.07. The largest absolute Gasteiger partial charge is 0.0687 e. The molecule has 0 spiro atoms. The summed E-state index contributed by atoms with van der Waals surface area (Å²) in [4.78, 5) is 0. The van der Waals surface area contributed by atoms with Gasteiger partial charge in [0, 0.05) is 0 Å². The van der Waals surface area contributed by atoms with Gasteiger partial charge in [0.05, 0.1) is 0 Å². The maximum atomic E-state index is 3.45. The molecule has 0 aromatic carbocycles. The highest BCUT2D eigenvalue weighted by Crippen LogP contribution is 2.25. The lowest BCUT2D eigenvalue weighted by Crippen LogP contribution is -2.09. The quantitative estimate of drug-likeness (QED) is 0.476. The van der Waals surface area contributed by atoms with Gasteiger partial charge in [-0.2, -0.15) is 0 Å². The summed E-state index contributed by atoms with van der Waals surface area (Å²) < 4.78 is 0. The molecule has 0 aliphatic rings. The monoisotopic (exact) mass is 290 g/mol. The zero-order valence-electron chi connectivity index (χ0n) is 14.1. The summed E-state index contributed by atoms with van der Waals surface area (Å²) in [7, 11) is 0. The SMILES string of the molecule is C=C=C=C=C=CC(C)CC(CC)CC(C=C=C=C=C=C)CC. The molecule has 0 saturated carbocycles. The lowest BCUT2D eigenvalue weighted by molar-refractivity contribution is 0.348. The molecule has 0 aliphatic carbocycles. The first-order valence-corrected chi connectivity index (χ1v) is 7.89. The molecule has 114 valence electrons. The lowest BCUT2D eigenvalue weighted by atomic mass is 9.85. The van der Waals surface area contributed by atoms with E-state index in [-0.39, 0.29) is 0 Å². The van der Waals surface area contributed by atoms with E-state index in [1.807, 2.05) is 6.08 Å². The maximum Gasteiger partial charge on any atom is -0.0105 e. The van der Waals surface area contributed by atoms with Gasteiger partial charge in [0.2, 0.25) is 0 Å². The van der Waals surface area contributed by atoms with Gasteiger partial charge in [-0.1, -0.05) is 50.1 Å². The predicted molar refractivity (Wildman–Crippen MR) is 94.5 cm³/mol. The van der Waals surface area contributed by atoms with E-state index in [1.165, 1.54) is 12.8 Å². The molecule has 0 N–H and O–H groups in total. The Balaban J connectivity index is 4.83. The van der Waals surface area contributed by atoms with Crippen LogP contribution in [0.5, 0.6) is 0 Å². The summed E-state index contributed by atoms with van der Waals surface area (Å²) in [5.41, 5.74) is 22.0. The van der Waals surface area contributed by atoms with Crippen LogP contribution in [0, 0.1) is 17.8 Å². The maximum absolute atomic E-state index is 3.45. The number of rotatable bonds is 8. The van der Waals surface area contributed by atoms with Gasteiger partial charge in [-0.25, -0.2) is 0 Å². The second-order valence-electron chi connectivity index (χ2n) is 5.37. The number of allylic oxidation sites excluding steroid dienone is 2. The molecule has 22 heavy (non-hydrogen) atoms. The number of hydrogen-bond donors (Lipinski definition) is 0. The van der Waals surface area contributed by atoms with Crippen molar-refractivity contribution in [1.82, 2.24) is 0 Å². The van der Waals surface area contributed by atoms with Crippen LogP contribution in [0.3, 0.4) is 0 Å². The summed E-state index contributed by atoms with van der Waals surface area (Å²) in [5, 5.41) is 0. The molecule has 0 saturated heterocycles. The third-order valence-corrected chi connectivity index (χ3v) is 3.58. The average molecular weight is 290 g/mol. The van der Waals surface area contributed by atoms with E-state index in [2.05, 4.69) is 85.9 Å². The molecule has 0 radical (unpaired) electrons. The fourth-order valence-electron chi connectivity index (χ4n) is 2.31. The van der Waals surface area contributed by atoms with Gasteiger partial charge in [-0.3, -0.25) is 0 Å². The first-order valence-electron chi connectivity index (χ1n) is 7.89. The van der Waals surface area contributed by atoms with Crippen molar-refractivity contribution in [3.05, 3.63) is 71.2 Å². The van der Waals surface area contributed by atoms with Crippen LogP contribution in [0.15, 0.2) is 71.2 Å². The Morgan fingerprint density at radius 2 is 1.41 bits per heavy atom. The smallest absolute Gasteiger partial charge is 0.0105 e. The van der Waals surface area contributed by atoms with E-state index in [0.717, 1.165) is 12.8 Å². The molecule has 0 rings (SSSR count). The summed E-state index contributed by atoms with van der Waals surface area (Å²) in [6.07, 6.45) is 8.75. The van der Waals surface area contributed by atoms with Crippen LogP contribution in [0.4, 0.5) is 0 Å². The molecule has 0 heteroatoms. The Kier molecular flexibility index (Phi) is 12.3. The first-order chi connectivity index (χ1) is 10.7. The minimum atomic E-state index is 0.477. The molecule has 0 bridgehead atoms. The third kappa shape index (κ3) is 10.5. The Bertz CT molecular complexity index is 626. The van der Waals surface area contributed by atoms with E-state index in [1.54, 1.807) is 0 Å².